The van der Waals surface area contributed by atoms with Crippen molar-refractivity contribution in [1.29, 1.82) is 0 Å². The largest absolute Gasteiger partial charge is 0.490 e. The number of hydrogen-bond acceptors (Lipinski definition) is 5. The van der Waals surface area contributed by atoms with Crippen LogP contribution in [-0.2, 0) is 4.79 Å². The van der Waals surface area contributed by atoms with Gasteiger partial charge in [0.2, 0.25) is 0 Å². The second-order valence-electron chi connectivity index (χ2n) is 6.43. The van der Waals surface area contributed by atoms with Gasteiger partial charge in [-0.05, 0) is 43.5 Å². The van der Waals surface area contributed by atoms with Crippen LogP contribution in [0.5, 0.6) is 5.75 Å². The summed E-state index contributed by atoms with van der Waals surface area (Å²) in [5, 5.41) is 19.8. The number of carboxylic acids is 1. The molecule has 0 aromatic heterocycles. The van der Waals surface area contributed by atoms with Crippen LogP contribution in [0, 0.1) is 16.0 Å². The lowest BCUT2D eigenvalue weighted by atomic mass is 10.0. The molecule has 0 saturated heterocycles. The van der Waals surface area contributed by atoms with Gasteiger partial charge in [0.25, 0.3) is 0 Å². The van der Waals surface area contributed by atoms with Crippen LogP contribution in [0.3, 0.4) is 0 Å². The maximum Gasteiger partial charge on any atom is 0.307 e. The third-order valence-corrected chi connectivity index (χ3v) is 5.34. The first-order chi connectivity index (χ1) is 13.3. The van der Waals surface area contributed by atoms with E-state index in [9.17, 15) is 19.7 Å². The van der Waals surface area contributed by atoms with Crippen LogP contribution in [0.2, 0.25) is 10.0 Å². The molecule has 28 heavy (non-hydrogen) atoms. The normalized spacial score (nSPS) is 18.6. The quantitative estimate of drug-likeness (QED) is 0.407. The van der Waals surface area contributed by atoms with Crippen LogP contribution in [-0.4, -0.2) is 27.9 Å². The van der Waals surface area contributed by atoms with Gasteiger partial charge in [-0.25, -0.2) is 0 Å². The van der Waals surface area contributed by atoms with Crippen LogP contribution in [0.1, 0.15) is 35.2 Å². The van der Waals surface area contributed by atoms with Gasteiger partial charge in [0, 0.05) is 5.56 Å². The molecule has 0 amide bonds. The van der Waals surface area contributed by atoms with Gasteiger partial charge in [-0.1, -0.05) is 35.3 Å². The molecule has 2 aromatic carbocycles. The Morgan fingerprint density at radius 1 is 1.11 bits per heavy atom. The van der Waals surface area contributed by atoms with Crippen molar-refractivity contribution >= 4 is 40.6 Å². The highest BCUT2D eigenvalue weighted by Crippen LogP contribution is 2.37. The maximum atomic E-state index is 13.0. The third-order valence-electron chi connectivity index (χ3n) is 4.65. The number of carboxylic acid groups (broad SMARTS) is 1. The molecule has 0 radical (unpaired) electrons. The standard InChI is InChI=1S/C19H15Cl2NO6/c20-14-8-7-13(16(21)17(14)22(26)27)18(23)12-3-1-2-4-15(12)28-11-6-5-10(9-11)19(24)25/h1-4,7-8,10-11H,5-6,9H2,(H,24,25)/t10-,11-/m0/s1. The summed E-state index contributed by atoms with van der Waals surface area (Å²) in [5.41, 5.74) is -0.420. The van der Waals surface area contributed by atoms with Gasteiger partial charge < -0.3 is 9.84 Å². The zero-order chi connectivity index (χ0) is 20.4. The van der Waals surface area contributed by atoms with Gasteiger partial charge >= 0.3 is 11.7 Å². The summed E-state index contributed by atoms with van der Waals surface area (Å²) in [6.07, 6.45) is 1.09. The highest BCUT2D eigenvalue weighted by atomic mass is 35.5. The molecule has 1 fully saturated rings. The van der Waals surface area contributed by atoms with Crippen molar-refractivity contribution in [3.63, 3.8) is 0 Å². The van der Waals surface area contributed by atoms with Crippen molar-refractivity contribution < 1.29 is 24.4 Å². The fourth-order valence-corrected chi connectivity index (χ4v) is 3.83. The molecule has 0 aliphatic heterocycles. The van der Waals surface area contributed by atoms with Crippen molar-refractivity contribution in [2.45, 2.75) is 25.4 Å². The Balaban J connectivity index is 1.91. The number of aliphatic carboxylic acids is 1. The third kappa shape index (κ3) is 3.95. The molecule has 3 rings (SSSR count). The summed E-state index contributed by atoms with van der Waals surface area (Å²) >= 11 is 11.9. The van der Waals surface area contributed by atoms with E-state index in [1.807, 2.05) is 0 Å². The fourth-order valence-electron chi connectivity index (χ4n) is 3.24. The topological polar surface area (TPSA) is 107 Å². The van der Waals surface area contributed by atoms with E-state index in [1.165, 1.54) is 18.2 Å². The van der Waals surface area contributed by atoms with Crippen LogP contribution in [0.15, 0.2) is 36.4 Å². The number of rotatable bonds is 6. The number of benzene rings is 2. The zero-order valence-electron chi connectivity index (χ0n) is 14.4. The molecule has 1 saturated carbocycles. The summed E-state index contributed by atoms with van der Waals surface area (Å²) in [6, 6.07) is 9.01. The summed E-state index contributed by atoms with van der Waals surface area (Å²) in [6.45, 7) is 0. The second kappa shape index (κ2) is 8.16. The molecule has 9 heteroatoms. The number of halogens is 2. The average Bonchev–Trinajstić information content (AvgIpc) is 3.10. The zero-order valence-corrected chi connectivity index (χ0v) is 15.9. The maximum absolute atomic E-state index is 13.0. The summed E-state index contributed by atoms with van der Waals surface area (Å²) < 4.78 is 5.88. The van der Waals surface area contributed by atoms with Gasteiger partial charge in [0.05, 0.1) is 22.5 Å². The number of carbonyl (C=O) groups excluding carboxylic acids is 1. The van der Waals surface area contributed by atoms with Gasteiger partial charge in [-0.15, -0.1) is 0 Å². The highest BCUT2D eigenvalue weighted by Gasteiger charge is 2.32. The predicted molar refractivity (Wildman–Crippen MR) is 102 cm³/mol. The van der Waals surface area contributed by atoms with Crippen molar-refractivity contribution in [2.24, 2.45) is 5.92 Å². The molecule has 0 bridgehead atoms. The van der Waals surface area contributed by atoms with Crippen LogP contribution in [0.25, 0.3) is 0 Å². The van der Waals surface area contributed by atoms with Crippen molar-refractivity contribution in [1.82, 2.24) is 0 Å². The molecule has 1 aliphatic rings. The molecular weight excluding hydrogens is 409 g/mol. The number of hydrogen-bond donors (Lipinski definition) is 1. The molecule has 0 unspecified atom stereocenters. The smallest absolute Gasteiger partial charge is 0.307 e. The Morgan fingerprint density at radius 3 is 2.46 bits per heavy atom. The van der Waals surface area contributed by atoms with E-state index in [2.05, 4.69) is 0 Å². The number of ketones is 1. The summed E-state index contributed by atoms with van der Waals surface area (Å²) in [5.74, 6) is -1.61. The van der Waals surface area contributed by atoms with E-state index in [1.54, 1.807) is 18.2 Å². The number of nitro groups is 1. The minimum absolute atomic E-state index is 0.0661. The van der Waals surface area contributed by atoms with Crippen LogP contribution in [0.4, 0.5) is 5.69 Å². The Kier molecular flexibility index (Phi) is 5.86. The second-order valence-corrected chi connectivity index (χ2v) is 7.21. The number of carbonyl (C=O) groups is 2. The van der Waals surface area contributed by atoms with E-state index < -0.39 is 28.3 Å². The van der Waals surface area contributed by atoms with Gasteiger partial charge in [-0.3, -0.25) is 19.7 Å². The minimum atomic E-state index is -0.865. The first kappa shape index (κ1) is 20.1. The molecule has 2 aromatic rings. The number of nitro benzene ring substituents is 1. The molecule has 0 spiro atoms. The van der Waals surface area contributed by atoms with Crippen molar-refractivity contribution in [3.05, 3.63) is 67.7 Å². The Labute approximate surface area is 170 Å². The van der Waals surface area contributed by atoms with Crippen molar-refractivity contribution in [3.8, 4) is 5.75 Å². The Hall–Kier alpha value is -2.64. The minimum Gasteiger partial charge on any atom is -0.490 e. The van der Waals surface area contributed by atoms with E-state index >= 15 is 0 Å². The van der Waals surface area contributed by atoms with E-state index in [0.717, 1.165) is 0 Å². The van der Waals surface area contributed by atoms with Gasteiger partial charge in [-0.2, -0.15) is 0 Å². The van der Waals surface area contributed by atoms with E-state index in [4.69, 9.17) is 33.0 Å². The van der Waals surface area contributed by atoms with Crippen LogP contribution < -0.4 is 4.74 Å². The molecule has 0 heterocycles. The molecule has 146 valence electrons. The van der Waals surface area contributed by atoms with Crippen molar-refractivity contribution in [2.75, 3.05) is 0 Å². The highest BCUT2D eigenvalue weighted by molar-refractivity contribution is 6.41. The molecule has 1 N–H and O–H groups in total. The fraction of sp³-hybridized carbons (Fsp3) is 0.263. The monoisotopic (exact) mass is 423 g/mol. The van der Waals surface area contributed by atoms with Gasteiger partial charge in [0.15, 0.2) is 5.78 Å². The molecule has 1 aliphatic carbocycles. The van der Waals surface area contributed by atoms with Gasteiger partial charge in [0.1, 0.15) is 15.8 Å². The van der Waals surface area contributed by atoms with E-state index in [0.29, 0.717) is 19.3 Å². The molecular formula is C19H15Cl2NO6. The Bertz CT molecular complexity index is 961. The Morgan fingerprint density at radius 2 is 1.82 bits per heavy atom. The lowest BCUT2D eigenvalue weighted by Gasteiger charge is -2.16. The molecule has 7 nitrogen and oxygen atoms in total. The SMILES string of the molecule is O=C(c1ccccc1O[C@H]1CC[C@H](C(=O)O)C1)c1ccc(Cl)c([N+](=O)[O-])c1Cl. The van der Waals surface area contributed by atoms with E-state index in [-0.39, 0.29) is 33.0 Å². The summed E-state index contributed by atoms with van der Waals surface area (Å²) in [7, 11) is 0. The number of ether oxygens (including phenoxy) is 1. The lowest BCUT2D eigenvalue weighted by Crippen LogP contribution is -2.17. The number of nitrogens with zero attached hydrogens (tertiary/aromatic N) is 1. The predicted octanol–water partition coefficient (Wildman–Crippen LogP) is 4.76. The average molecular weight is 424 g/mol. The first-order valence-electron chi connectivity index (χ1n) is 8.45. The summed E-state index contributed by atoms with van der Waals surface area (Å²) in [4.78, 5) is 34.6. The van der Waals surface area contributed by atoms with Crippen LogP contribution >= 0.6 is 23.2 Å². The lowest BCUT2D eigenvalue weighted by molar-refractivity contribution is -0.384. The first-order valence-corrected chi connectivity index (χ1v) is 9.20. The number of para-hydroxylation sites is 1. The molecule has 2 atom stereocenters.